The smallest absolute Gasteiger partial charge is 0.166 e. The summed E-state index contributed by atoms with van der Waals surface area (Å²) in [6.07, 6.45) is 3.04. The molecule has 0 spiro atoms. The van der Waals surface area contributed by atoms with Gasteiger partial charge in [-0.2, -0.15) is 0 Å². The summed E-state index contributed by atoms with van der Waals surface area (Å²) in [6, 6.07) is 15.5. The molecule has 0 aliphatic heterocycles. The molecule has 0 atom stereocenters. The van der Waals surface area contributed by atoms with Crippen molar-refractivity contribution in [2.45, 2.75) is 12.8 Å². The van der Waals surface area contributed by atoms with Crippen molar-refractivity contribution in [1.29, 1.82) is 0 Å². The summed E-state index contributed by atoms with van der Waals surface area (Å²) in [5.74, 6) is 0.869. The van der Waals surface area contributed by atoms with Crippen LogP contribution in [0.1, 0.15) is 22.3 Å². The van der Waals surface area contributed by atoms with Crippen LogP contribution in [0.15, 0.2) is 54.7 Å². The molecule has 0 aliphatic carbocycles. The predicted molar refractivity (Wildman–Crippen MR) is 99.2 cm³/mol. The van der Waals surface area contributed by atoms with Gasteiger partial charge in [0, 0.05) is 29.1 Å². The van der Waals surface area contributed by atoms with Crippen LogP contribution in [0.5, 0.6) is 5.75 Å². The molecular weight excluding hydrogens is 324 g/mol. The lowest BCUT2D eigenvalue weighted by atomic mass is 10.0. The van der Waals surface area contributed by atoms with E-state index in [-0.39, 0.29) is 18.2 Å². The molecule has 1 aromatic heterocycles. The van der Waals surface area contributed by atoms with Gasteiger partial charge < -0.3 is 15.5 Å². The Morgan fingerprint density at radius 2 is 2.00 bits per heavy atom. The van der Waals surface area contributed by atoms with Crippen LogP contribution >= 0.6 is 12.4 Å². The Kier molecular flexibility index (Phi) is 6.41. The molecule has 3 aromatic rings. The normalized spacial score (nSPS) is 10.4. The molecule has 0 bridgehead atoms. The van der Waals surface area contributed by atoms with Gasteiger partial charge in [0.25, 0.3) is 0 Å². The van der Waals surface area contributed by atoms with E-state index in [1.165, 1.54) is 0 Å². The van der Waals surface area contributed by atoms with Crippen LogP contribution in [0.25, 0.3) is 10.9 Å². The number of aromatic nitrogens is 1. The number of nitrogens with two attached hydrogens (primary N) is 1. The van der Waals surface area contributed by atoms with Gasteiger partial charge in [0.05, 0.1) is 6.61 Å². The van der Waals surface area contributed by atoms with Crippen molar-refractivity contribution < 1.29 is 9.53 Å². The molecule has 1 heterocycles. The summed E-state index contributed by atoms with van der Waals surface area (Å²) in [6.45, 7) is 0.957. The second kappa shape index (κ2) is 8.52. The van der Waals surface area contributed by atoms with E-state index in [0.29, 0.717) is 19.6 Å². The van der Waals surface area contributed by atoms with Gasteiger partial charge in [0.1, 0.15) is 5.75 Å². The zero-order valence-corrected chi connectivity index (χ0v) is 14.1. The van der Waals surface area contributed by atoms with E-state index >= 15 is 0 Å². The molecule has 0 fully saturated rings. The lowest BCUT2D eigenvalue weighted by Crippen LogP contribution is -2.08. The van der Waals surface area contributed by atoms with E-state index in [1.54, 1.807) is 0 Å². The number of halogens is 1. The first-order valence-corrected chi connectivity index (χ1v) is 7.78. The SMILES string of the molecule is Cl.NCCc1cccc(C(=O)CCOc2ccc3[nH]ccc3c2)c1. The van der Waals surface area contributed by atoms with Gasteiger partial charge in [-0.3, -0.25) is 4.79 Å². The number of carbonyl (C=O) groups excluding carboxylic acids is 1. The number of ether oxygens (including phenoxy) is 1. The molecule has 0 unspecified atom stereocenters. The largest absolute Gasteiger partial charge is 0.493 e. The van der Waals surface area contributed by atoms with Crippen molar-refractivity contribution in [2.24, 2.45) is 5.73 Å². The summed E-state index contributed by atoms with van der Waals surface area (Å²) in [5.41, 5.74) is 8.45. The number of Topliss-reactive ketones (excluding diaryl/α,β-unsaturated/α-hetero) is 1. The molecule has 0 radical (unpaired) electrons. The van der Waals surface area contributed by atoms with Gasteiger partial charge in [-0.05, 0) is 48.9 Å². The van der Waals surface area contributed by atoms with Crippen LogP contribution in [0, 0.1) is 0 Å². The molecular formula is C19H21ClN2O2. The number of rotatable bonds is 7. The molecule has 0 amide bonds. The molecule has 3 N–H and O–H groups in total. The van der Waals surface area contributed by atoms with Gasteiger partial charge in [0.2, 0.25) is 0 Å². The Morgan fingerprint density at radius 1 is 1.12 bits per heavy atom. The number of benzene rings is 2. The first-order valence-electron chi connectivity index (χ1n) is 7.78. The Bertz CT molecular complexity index is 814. The van der Waals surface area contributed by atoms with E-state index in [2.05, 4.69) is 4.98 Å². The lowest BCUT2D eigenvalue weighted by Gasteiger charge is -2.07. The third kappa shape index (κ3) is 4.37. The van der Waals surface area contributed by atoms with Crippen LogP contribution in [-0.2, 0) is 6.42 Å². The van der Waals surface area contributed by atoms with Crippen molar-refractivity contribution in [3.8, 4) is 5.75 Å². The summed E-state index contributed by atoms with van der Waals surface area (Å²) in [4.78, 5) is 15.4. The standard InChI is InChI=1S/C19H20N2O2.ClH/c20-9-6-14-2-1-3-16(12-14)19(22)8-11-23-17-4-5-18-15(13-17)7-10-21-18;/h1-5,7,10,12-13,21H,6,8-9,11,20H2;1H. The predicted octanol–water partition coefficient (Wildman–Crippen LogP) is 3.74. The highest BCUT2D eigenvalue weighted by atomic mass is 35.5. The number of hydrogen-bond acceptors (Lipinski definition) is 3. The van der Waals surface area contributed by atoms with E-state index in [9.17, 15) is 4.79 Å². The minimum Gasteiger partial charge on any atom is -0.493 e. The number of hydrogen-bond donors (Lipinski definition) is 2. The van der Waals surface area contributed by atoms with Crippen LogP contribution in [0.2, 0.25) is 0 Å². The molecule has 2 aromatic carbocycles. The summed E-state index contributed by atoms with van der Waals surface area (Å²) in [7, 11) is 0. The van der Waals surface area contributed by atoms with E-state index < -0.39 is 0 Å². The van der Waals surface area contributed by atoms with E-state index in [1.807, 2.05) is 54.7 Å². The number of aromatic amines is 1. The quantitative estimate of drug-likeness (QED) is 0.641. The third-order valence-corrected chi connectivity index (χ3v) is 3.80. The highest BCUT2D eigenvalue weighted by Crippen LogP contribution is 2.20. The minimum atomic E-state index is 0. The molecule has 4 nitrogen and oxygen atoms in total. The van der Waals surface area contributed by atoms with Crippen LogP contribution in [0.4, 0.5) is 0 Å². The molecule has 126 valence electrons. The molecule has 24 heavy (non-hydrogen) atoms. The van der Waals surface area contributed by atoms with Crippen LogP contribution < -0.4 is 10.5 Å². The second-order valence-corrected chi connectivity index (χ2v) is 5.49. The number of H-pyrrole nitrogens is 1. The van der Waals surface area contributed by atoms with Crippen molar-refractivity contribution in [3.05, 3.63) is 65.9 Å². The summed E-state index contributed by atoms with van der Waals surface area (Å²) >= 11 is 0. The maximum Gasteiger partial charge on any atom is 0.166 e. The molecule has 5 heteroatoms. The molecule has 0 saturated carbocycles. The number of nitrogens with one attached hydrogen (secondary N) is 1. The highest BCUT2D eigenvalue weighted by Gasteiger charge is 2.07. The Labute approximate surface area is 147 Å². The monoisotopic (exact) mass is 344 g/mol. The van der Waals surface area contributed by atoms with Gasteiger partial charge in [0.15, 0.2) is 5.78 Å². The Morgan fingerprint density at radius 3 is 2.83 bits per heavy atom. The van der Waals surface area contributed by atoms with Gasteiger partial charge in [-0.1, -0.05) is 18.2 Å². The lowest BCUT2D eigenvalue weighted by molar-refractivity contribution is 0.0962. The number of ketones is 1. The van der Waals surface area contributed by atoms with Gasteiger partial charge in [-0.25, -0.2) is 0 Å². The second-order valence-electron chi connectivity index (χ2n) is 5.49. The van der Waals surface area contributed by atoms with Gasteiger partial charge in [-0.15, -0.1) is 12.4 Å². The van der Waals surface area contributed by atoms with Crippen LogP contribution in [0.3, 0.4) is 0 Å². The van der Waals surface area contributed by atoms with Crippen molar-refractivity contribution in [2.75, 3.05) is 13.2 Å². The summed E-state index contributed by atoms with van der Waals surface area (Å²) < 4.78 is 5.70. The third-order valence-electron chi connectivity index (χ3n) is 3.80. The topological polar surface area (TPSA) is 68.1 Å². The van der Waals surface area contributed by atoms with Crippen LogP contribution in [-0.4, -0.2) is 23.9 Å². The Hall–Kier alpha value is -2.30. The zero-order chi connectivity index (χ0) is 16.1. The zero-order valence-electron chi connectivity index (χ0n) is 13.3. The van der Waals surface area contributed by atoms with Gasteiger partial charge >= 0.3 is 0 Å². The fourth-order valence-electron chi connectivity index (χ4n) is 2.59. The maximum absolute atomic E-state index is 12.2. The highest BCUT2D eigenvalue weighted by molar-refractivity contribution is 5.96. The maximum atomic E-state index is 12.2. The van der Waals surface area contributed by atoms with Crippen molar-refractivity contribution in [3.63, 3.8) is 0 Å². The Balaban J connectivity index is 0.00000208. The number of fused-ring (bicyclic) bond motifs is 1. The van der Waals surface area contributed by atoms with E-state index in [4.69, 9.17) is 10.5 Å². The molecule has 0 aliphatic rings. The number of carbonyl (C=O) groups is 1. The van der Waals surface area contributed by atoms with Crippen molar-refractivity contribution in [1.82, 2.24) is 4.98 Å². The molecule has 3 rings (SSSR count). The fraction of sp³-hybridized carbons (Fsp3) is 0.211. The molecule has 0 saturated heterocycles. The first kappa shape index (κ1) is 18.0. The van der Waals surface area contributed by atoms with E-state index in [0.717, 1.165) is 34.2 Å². The minimum absolute atomic E-state index is 0. The first-order chi connectivity index (χ1) is 11.3. The average molecular weight is 345 g/mol. The van der Waals surface area contributed by atoms with Crippen molar-refractivity contribution >= 4 is 29.1 Å². The average Bonchev–Trinajstić information content (AvgIpc) is 3.03. The fourth-order valence-corrected chi connectivity index (χ4v) is 2.59. The summed E-state index contributed by atoms with van der Waals surface area (Å²) in [5, 5.41) is 1.10.